The number of hydrogen-bond donors (Lipinski definition) is 0. The van der Waals surface area contributed by atoms with Crippen molar-refractivity contribution in [2.45, 2.75) is 12.4 Å². The van der Waals surface area contributed by atoms with Crippen molar-refractivity contribution < 1.29 is 0 Å². The zero-order valence-electron chi connectivity index (χ0n) is 7.90. The minimum atomic E-state index is 0.400. The van der Waals surface area contributed by atoms with Gasteiger partial charge in [0, 0.05) is 5.02 Å². The molecule has 78 valence electrons. The van der Waals surface area contributed by atoms with Gasteiger partial charge >= 0.3 is 0 Å². The van der Waals surface area contributed by atoms with Crippen LogP contribution in [0, 0.1) is 0 Å². The molecule has 0 aliphatic carbocycles. The number of alkyl halides is 1. The number of benzene rings is 1. The molecule has 0 aliphatic rings. The van der Waals surface area contributed by atoms with Crippen LogP contribution in [0.15, 0.2) is 30.5 Å². The maximum atomic E-state index is 6.04. The minimum absolute atomic E-state index is 0.400. The van der Waals surface area contributed by atoms with E-state index in [4.69, 9.17) is 23.2 Å². The highest BCUT2D eigenvalue weighted by Gasteiger charge is 2.05. The van der Waals surface area contributed by atoms with Crippen molar-refractivity contribution in [3.63, 3.8) is 0 Å². The van der Waals surface area contributed by atoms with Crippen molar-refractivity contribution in [1.82, 2.24) is 15.0 Å². The predicted octanol–water partition coefficient (Wildman–Crippen LogP) is 2.72. The largest absolute Gasteiger partial charge is 0.244 e. The maximum absolute atomic E-state index is 6.04. The van der Waals surface area contributed by atoms with Gasteiger partial charge in [0.1, 0.15) is 0 Å². The molecule has 0 fully saturated rings. The summed E-state index contributed by atoms with van der Waals surface area (Å²) in [5.41, 5.74) is 1.90. The van der Waals surface area contributed by atoms with Crippen molar-refractivity contribution in [2.75, 3.05) is 0 Å². The Bertz CT molecular complexity index is 453. The molecule has 0 saturated heterocycles. The van der Waals surface area contributed by atoms with Crippen LogP contribution in [0.4, 0.5) is 0 Å². The number of aromatic nitrogens is 3. The summed E-state index contributed by atoms with van der Waals surface area (Å²) < 4.78 is 1.74. The third kappa shape index (κ3) is 2.30. The Labute approximate surface area is 97.6 Å². The number of halogens is 2. The monoisotopic (exact) mass is 241 g/mol. The molecular formula is C10H9Cl2N3. The van der Waals surface area contributed by atoms with Gasteiger partial charge in [-0.2, -0.15) is 0 Å². The summed E-state index contributed by atoms with van der Waals surface area (Å²) in [5.74, 6) is 0.400. The average Bonchev–Trinajstić information content (AvgIpc) is 2.69. The fourth-order valence-electron chi connectivity index (χ4n) is 1.30. The molecule has 3 nitrogen and oxygen atoms in total. The normalized spacial score (nSPS) is 10.5. The van der Waals surface area contributed by atoms with Gasteiger partial charge in [0.25, 0.3) is 0 Å². The number of rotatable bonds is 3. The smallest absolute Gasteiger partial charge is 0.0738 e. The molecule has 2 rings (SSSR count). The molecule has 0 bridgehead atoms. The van der Waals surface area contributed by atoms with Gasteiger partial charge in [-0.15, -0.1) is 16.7 Å². The molecule has 1 aromatic heterocycles. The summed E-state index contributed by atoms with van der Waals surface area (Å²) in [6, 6.07) is 7.66. The third-order valence-electron chi connectivity index (χ3n) is 2.11. The lowest BCUT2D eigenvalue weighted by molar-refractivity contribution is 0.631. The van der Waals surface area contributed by atoms with Crippen molar-refractivity contribution in [2.24, 2.45) is 0 Å². The van der Waals surface area contributed by atoms with E-state index < -0.39 is 0 Å². The Morgan fingerprint density at radius 3 is 2.80 bits per heavy atom. The molecule has 0 radical (unpaired) electrons. The maximum Gasteiger partial charge on any atom is 0.0738 e. The molecule has 0 atom stereocenters. The van der Waals surface area contributed by atoms with Gasteiger partial charge in [-0.25, -0.2) is 4.68 Å². The lowest BCUT2D eigenvalue weighted by atomic mass is 10.2. The van der Waals surface area contributed by atoms with Crippen LogP contribution in [0.3, 0.4) is 0 Å². The lowest BCUT2D eigenvalue weighted by Gasteiger charge is -2.05. The molecule has 15 heavy (non-hydrogen) atoms. The first-order chi connectivity index (χ1) is 7.31. The van der Waals surface area contributed by atoms with E-state index in [0.29, 0.717) is 12.4 Å². The second-order valence-electron chi connectivity index (χ2n) is 3.11. The van der Waals surface area contributed by atoms with Crippen LogP contribution in [0.5, 0.6) is 0 Å². The van der Waals surface area contributed by atoms with E-state index in [1.54, 1.807) is 10.9 Å². The second-order valence-corrected chi connectivity index (χ2v) is 3.78. The van der Waals surface area contributed by atoms with Crippen LogP contribution in [0.2, 0.25) is 5.02 Å². The average molecular weight is 242 g/mol. The van der Waals surface area contributed by atoms with E-state index in [0.717, 1.165) is 16.3 Å². The minimum Gasteiger partial charge on any atom is -0.244 e. The summed E-state index contributed by atoms with van der Waals surface area (Å²) in [5, 5.41) is 8.48. The van der Waals surface area contributed by atoms with Crippen LogP contribution in [-0.2, 0) is 12.4 Å². The van der Waals surface area contributed by atoms with Crippen molar-refractivity contribution in [1.29, 1.82) is 0 Å². The predicted molar refractivity (Wildman–Crippen MR) is 60.1 cm³/mol. The summed E-state index contributed by atoms with van der Waals surface area (Å²) in [4.78, 5) is 0. The van der Waals surface area contributed by atoms with Gasteiger partial charge in [-0.1, -0.05) is 35.0 Å². The van der Waals surface area contributed by atoms with Crippen LogP contribution >= 0.6 is 23.2 Å². The molecule has 0 aliphatic heterocycles. The van der Waals surface area contributed by atoms with Gasteiger partial charge in [0.15, 0.2) is 0 Å². The van der Waals surface area contributed by atoms with Crippen LogP contribution < -0.4 is 0 Å². The Balaban J connectivity index is 2.26. The van der Waals surface area contributed by atoms with Crippen molar-refractivity contribution in [3.8, 4) is 0 Å². The van der Waals surface area contributed by atoms with Crippen molar-refractivity contribution >= 4 is 23.2 Å². The first-order valence-electron chi connectivity index (χ1n) is 4.48. The topological polar surface area (TPSA) is 30.7 Å². The molecule has 5 heteroatoms. The molecule has 0 saturated carbocycles. The molecule has 1 heterocycles. The van der Waals surface area contributed by atoms with Crippen LogP contribution in [-0.4, -0.2) is 15.0 Å². The zero-order chi connectivity index (χ0) is 10.7. The Kier molecular flexibility index (Phi) is 3.23. The SMILES string of the molecule is ClCc1cnnn1Cc1ccccc1Cl. The summed E-state index contributed by atoms with van der Waals surface area (Å²) in [6.07, 6.45) is 1.66. The van der Waals surface area contributed by atoms with Gasteiger partial charge in [0.05, 0.1) is 24.3 Å². The Morgan fingerprint density at radius 2 is 2.07 bits per heavy atom. The number of hydrogen-bond acceptors (Lipinski definition) is 2. The molecule has 0 amide bonds. The van der Waals surface area contributed by atoms with Crippen LogP contribution in [0.1, 0.15) is 11.3 Å². The van der Waals surface area contributed by atoms with Crippen LogP contribution in [0.25, 0.3) is 0 Å². The summed E-state index contributed by atoms with van der Waals surface area (Å²) in [7, 11) is 0. The van der Waals surface area contributed by atoms with Gasteiger partial charge < -0.3 is 0 Å². The Morgan fingerprint density at radius 1 is 1.27 bits per heavy atom. The summed E-state index contributed by atoms with van der Waals surface area (Å²) in [6.45, 7) is 0.599. The quantitative estimate of drug-likeness (QED) is 0.774. The van der Waals surface area contributed by atoms with Gasteiger partial charge in [0.2, 0.25) is 0 Å². The highest BCUT2D eigenvalue weighted by Crippen LogP contribution is 2.16. The molecule has 0 unspecified atom stereocenters. The van der Waals surface area contributed by atoms with Gasteiger partial charge in [-0.05, 0) is 11.6 Å². The van der Waals surface area contributed by atoms with Gasteiger partial charge in [-0.3, -0.25) is 0 Å². The highest BCUT2D eigenvalue weighted by atomic mass is 35.5. The van der Waals surface area contributed by atoms with E-state index in [2.05, 4.69) is 10.3 Å². The van der Waals surface area contributed by atoms with E-state index in [9.17, 15) is 0 Å². The summed E-state index contributed by atoms with van der Waals surface area (Å²) >= 11 is 11.8. The fraction of sp³-hybridized carbons (Fsp3) is 0.200. The lowest BCUT2D eigenvalue weighted by Crippen LogP contribution is -2.05. The van der Waals surface area contributed by atoms with E-state index in [1.165, 1.54) is 0 Å². The van der Waals surface area contributed by atoms with E-state index in [1.807, 2.05) is 24.3 Å². The van der Waals surface area contributed by atoms with E-state index >= 15 is 0 Å². The fourth-order valence-corrected chi connectivity index (χ4v) is 1.71. The molecule has 1 aromatic carbocycles. The molecule has 2 aromatic rings. The highest BCUT2D eigenvalue weighted by molar-refractivity contribution is 6.31. The first kappa shape index (κ1) is 10.5. The standard InChI is InChI=1S/C10H9Cl2N3/c11-5-9-6-13-14-15(9)7-8-3-1-2-4-10(8)12/h1-4,6H,5,7H2. The molecule has 0 N–H and O–H groups in total. The first-order valence-corrected chi connectivity index (χ1v) is 5.39. The van der Waals surface area contributed by atoms with E-state index in [-0.39, 0.29) is 0 Å². The van der Waals surface area contributed by atoms with Crippen molar-refractivity contribution in [3.05, 3.63) is 46.7 Å². The third-order valence-corrected chi connectivity index (χ3v) is 2.76. The second kappa shape index (κ2) is 4.64. The Hall–Kier alpha value is -1.06. The zero-order valence-corrected chi connectivity index (χ0v) is 9.41. The molecule has 0 spiro atoms. The number of nitrogens with zero attached hydrogens (tertiary/aromatic N) is 3. The molecular weight excluding hydrogens is 233 g/mol.